The number of halogens is 1. The molecule has 1 aromatic carbocycles. The minimum Gasteiger partial charge on any atom is -0.368 e. The Morgan fingerprint density at radius 3 is 2.52 bits per heavy atom. The van der Waals surface area contributed by atoms with Crippen LogP contribution in [-0.4, -0.2) is 27.6 Å². The molecule has 0 aliphatic heterocycles. The van der Waals surface area contributed by atoms with Gasteiger partial charge in [0.2, 0.25) is 0 Å². The van der Waals surface area contributed by atoms with Crippen molar-refractivity contribution in [2.45, 2.75) is 6.42 Å². The second-order valence-corrected chi connectivity index (χ2v) is 5.27. The summed E-state index contributed by atoms with van der Waals surface area (Å²) in [5.74, 6) is 0.371. The van der Waals surface area contributed by atoms with Gasteiger partial charge in [0.05, 0.1) is 5.56 Å². The van der Waals surface area contributed by atoms with Crippen molar-refractivity contribution in [1.29, 1.82) is 0 Å². The van der Waals surface area contributed by atoms with E-state index in [1.54, 1.807) is 48.7 Å². The summed E-state index contributed by atoms with van der Waals surface area (Å²) in [7, 11) is 0. The summed E-state index contributed by atoms with van der Waals surface area (Å²) in [5, 5.41) is 13.7. The first-order valence-corrected chi connectivity index (χ1v) is 7.75. The number of rotatable bonds is 6. The molecule has 6 nitrogen and oxygen atoms in total. The Labute approximate surface area is 144 Å². The summed E-state index contributed by atoms with van der Waals surface area (Å²) in [6, 6.07) is 13.3. The van der Waals surface area contributed by atoms with Crippen LogP contribution in [0.5, 0.6) is 0 Å². The molecule has 0 aliphatic carbocycles. The van der Waals surface area contributed by atoms with E-state index in [9.17, 15) is 9.18 Å². The molecule has 2 heterocycles. The van der Waals surface area contributed by atoms with E-state index in [2.05, 4.69) is 25.8 Å². The van der Waals surface area contributed by atoms with Crippen LogP contribution in [0, 0.1) is 5.82 Å². The molecule has 0 bridgehead atoms. The van der Waals surface area contributed by atoms with Gasteiger partial charge in [-0.05, 0) is 42.3 Å². The summed E-state index contributed by atoms with van der Waals surface area (Å²) < 4.78 is 13.5. The number of carbonyl (C=O) groups excluding carboxylic acids is 1. The minimum atomic E-state index is -0.303. The monoisotopic (exact) mass is 337 g/mol. The second-order valence-electron chi connectivity index (χ2n) is 5.27. The first-order chi connectivity index (χ1) is 12.2. The molecule has 3 rings (SSSR count). The van der Waals surface area contributed by atoms with Crippen molar-refractivity contribution < 1.29 is 9.18 Å². The van der Waals surface area contributed by atoms with Gasteiger partial charge in [-0.2, -0.15) is 0 Å². The molecule has 7 heteroatoms. The molecule has 0 saturated heterocycles. The van der Waals surface area contributed by atoms with Crippen LogP contribution in [0.1, 0.15) is 15.9 Å². The van der Waals surface area contributed by atoms with Crippen LogP contribution < -0.4 is 10.6 Å². The molecule has 0 spiro atoms. The number of anilines is 2. The molecule has 3 aromatic rings. The third kappa shape index (κ3) is 4.57. The highest BCUT2D eigenvalue weighted by Crippen LogP contribution is 2.10. The first kappa shape index (κ1) is 16.5. The number of carbonyl (C=O) groups is 1. The number of nitrogens with zero attached hydrogens (tertiary/aromatic N) is 3. The van der Waals surface area contributed by atoms with E-state index < -0.39 is 0 Å². The third-order valence-electron chi connectivity index (χ3n) is 3.49. The van der Waals surface area contributed by atoms with Crippen molar-refractivity contribution in [2.24, 2.45) is 0 Å². The highest BCUT2D eigenvalue weighted by Gasteiger charge is 2.07. The Balaban J connectivity index is 1.52. The lowest BCUT2D eigenvalue weighted by Gasteiger charge is -2.07. The molecule has 2 aromatic heterocycles. The van der Waals surface area contributed by atoms with Gasteiger partial charge < -0.3 is 10.6 Å². The minimum absolute atomic E-state index is 0.219. The van der Waals surface area contributed by atoms with Crippen molar-refractivity contribution in [3.63, 3.8) is 0 Å². The average molecular weight is 337 g/mol. The number of benzene rings is 1. The lowest BCUT2D eigenvalue weighted by Crippen LogP contribution is -2.14. The lowest BCUT2D eigenvalue weighted by atomic mass is 10.1. The van der Waals surface area contributed by atoms with Crippen LogP contribution in [-0.2, 0) is 6.42 Å². The zero-order chi connectivity index (χ0) is 17.5. The SMILES string of the molecule is O=C(Nc1ccc(NCCc2ccccc2F)nn1)c1cccnc1. The number of nitrogens with one attached hydrogen (secondary N) is 2. The first-order valence-electron chi connectivity index (χ1n) is 7.75. The number of aromatic nitrogens is 3. The summed E-state index contributed by atoms with van der Waals surface area (Å²) in [6.07, 6.45) is 3.60. The highest BCUT2D eigenvalue weighted by molar-refractivity contribution is 6.03. The maximum Gasteiger partial charge on any atom is 0.258 e. The van der Waals surface area contributed by atoms with Crippen LogP contribution in [0.15, 0.2) is 60.9 Å². The van der Waals surface area contributed by atoms with Crippen LogP contribution in [0.4, 0.5) is 16.0 Å². The van der Waals surface area contributed by atoms with Crippen molar-refractivity contribution in [3.05, 3.63) is 77.9 Å². The molecular formula is C18H16FN5O. The Kier molecular flexibility index (Phi) is 5.26. The molecule has 1 amide bonds. The largest absolute Gasteiger partial charge is 0.368 e. The standard InChI is InChI=1S/C18H16FN5O/c19-15-6-2-1-4-13(15)9-11-21-16-7-8-17(24-23-16)22-18(25)14-5-3-10-20-12-14/h1-8,10,12H,9,11H2,(H,21,23)(H,22,24,25). The van der Waals surface area contributed by atoms with Gasteiger partial charge in [-0.25, -0.2) is 4.39 Å². The Bertz CT molecular complexity index is 840. The van der Waals surface area contributed by atoms with Crippen LogP contribution in [0.2, 0.25) is 0 Å². The maximum absolute atomic E-state index is 13.5. The number of pyridine rings is 1. The fourth-order valence-corrected chi connectivity index (χ4v) is 2.21. The predicted octanol–water partition coefficient (Wildman–Crippen LogP) is 2.92. The van der Waals surface area contributed by atoms with Gasteiger partial charge in [-0.1, -0.05) is 18.2 Å². The molecule has 0 saturated carbocycles. The van der Waals surface area contributed by atoms with E-state index in [0.717, 1.165) is 0 Å². The third-order valence-corrected chi connectivity index (χ3v) is 3.49. The van der Waals surface area contributed by atoms with E-state index in [-0.39, 0.29) is 11.7 Å². The van der Waals surface area contributed by atoms with E-state index in [1.165, 1.54) is 12.3 Å². The number of hydrogen-bond acceptors (Lipinski definition) is 5. The second kappa shape index (κ2) is 7.96. The summed E-state index contributed by atoms with van der Waals surface area (Å²) in [5.41, 5.74) is 1.08. The summed E-state index contributed by atoms with van der Waals surface area (Å²) in [6.45, 7) is 0.525. The average Bonchev–Trinajstić information content (AvgIpc) is 2.65. The van der Waals surface area contributed by atoms with Crippen molar-refractivity contribution in [2.75, 3.05) is 17.2 Å². The van der Waals surface area contributed by atoms with Gasteiger partial charge in [0.25, 0.3) is 5.91 Å². The lowest BCUT2D eigenvalue weighted by molar-refractivity contribution is 0.102. The molecule has 0 unspecified atom stereocenters. The van der Waals surface area contributed by atoms with Crippen LogP contribution in [0.25, 0.3) is 0 Å². The number of hydrogen-bond donors (Lipinski definition) is 2. The predicted molar refractivity (Wildman–Crippen MR) is 92.8 cm³/mol. The van der Waals surface area contributed by atoms with Crippen molar-refractivity contribution >= 4 is 17.5 Å². The normalized spacial score (nSPS) is 10.3. The Hall–Kier alpha value is -3.35. The smallest absolute Gasteiger partial charge is 0.258 e. The zero-order valence-corrected chi connectivity index (χ0v) is 13.3. The van der Waals surface area contributed by atoms with Crippen LogP contribution in [0.3, 0.4) is 0 Å². The van der Waals surface area contributed by atoms with Gasteiger partial charge in [0, 0.05) is 18.9 Å². The van der Waals surface area contributed by atoms with Gasteiger partial charge in [-0.15, -0.1) is 10.2 Å². The molecular weight excluding hydrogens is 321 g/mol. The Morgan fingerprint density at radius 2 is 1.80 bits per heavy atom. The fraction of sp³-hybridized carbons (Fsp3) is 0.111. The molecule has 0 fully saturated rings. The van der Waals surface area contributed by atoms with Gasteiger partial charge in [0.1, 0.15) is 11.6 Å². The zero-order valence-electron chi connectivity index (χ0n) is 13.3. The topological polar surface area (TPSA) is 79.8 Å². The van der Waals surface area contributed by atoms with E-state index in [1.807, 2.05) is 0 Å². The molecule has 0 radical (unpaired) electrons. The van der Waals surface area contributed by atoms with E-state index in [0.29, 0.717) is 35.7 Å². The van der Waals surface area contributed by atoms with Gasteiger partial charge in [-0.3, -0.25) is 9.78 Å². The molecule has 2 N–H and O–H groups in total. The Morgan fingerprint density at radius 1 is 1.00 bits per heavy atom. The molecule has 25 heavy (non-hydrogen) atoms. The fourth-order valence-electron chi connectivity index (χ4n) is 2.21. The van der Waals surface area contributed by atoms with Crippen LogP contribution >= 0.6 is 0 Å². The van der Waals surface area contributed by atoms with Gasteiger partial charge in [0.15, 0.2) is 5.82 Å². The van der Waals surface area contributed by atoms with E-state index in [4.69, 9.17) is 0 Å². The van der Waals surface area contributed by atoms with E-state index >= 15 is 0 Å². The van der Waals surface area contributed by atoms with Gasteiger partial charge >= 0.3 is 0 Å². The summed E-state index contributed by atoms with van der Waals surface area (Å²) >= 11 is 0. The highest BCUT2D eigenvalue weighted by atomic mass is 19.1. The summed E-state index contributed by atoms with van der Waals surface area (Å²) in [4.78, 5) is 15.9. The molecule has 0 atom stereocenters. The molecule has 126 valence electrons. The number of amides is 1. The van der Waals surface area contributed by atoms with Crippen molar-refractivity contribution in [3.8, 4) is 0 Å². The van der Waals surface area contributed by atoms with Crippen molar-refractivity contribution in [1.82, 2.24) is 15.2 Å². The maximum atomic E-state index is 13.5. The quantitative estimate of drug-likeness (QED) is 0.723. The molecule has 0 aliphatic rings.